The van der Waals surface area contributed by atoms with Crippen LogP contribution in [0.4, 0.5) is 0 Å². The molecule has 0 atom stereocenters. The van der Waals surface area contributed by atoms with E-state index in [9.17, 15) is 13.7 Å². The Bertz CT molecular complexity index is 4460. The highest BCUT2D eigenvalue weighted by Crippen LogP contribution is 2.52. The summed E-state index contributed by atoms with van der Waals surface area (Å²) >= 11 is 0. The van der Waals surface area contributed by atoms with Gasteiger partial charge < -0.3 is 4.42 Å². The molecule has 10 aromatic rings. The maximum absolute atomic E-state index is 10.00. The number of hydrogen-bond donors (Lipinski definition) is 0. The summed E-state index contributed by atoms with van der Waals surface area (Å²) in [6.07, 6.45) is 0. The quantitative estimate of drug-likeness (QED) is 0.136. The zero-order chi connectivity index (χ0) is 58.4. The molecule has 0 N–H and O–H groups in total. The first-order valence-corrected chi connectivity index (χ1v) is 14.4. The second-order valence-electron chi connectivity index (χ2n) is 10.5. The number of rotatable bonds is 4. The highest BCUT2D eigenvalue weighted by atomic mass is 16.3. The first kappa shape index (κ1) is 11.1. The van der Waals surface area contributed by atoms with Crippen molar-refractivity contribution in [3.05, 3.63) is 181 Å². The Kier molecular flexibility index (Phi) is 2.50. The van der Waals surface area contributed by atoms with Gasteiger partial charge in [-0.25, -0.2) is 0 Å². The molecule has 0 unspecified atom stereocenters. The molecule has 1 heterocycles. The molecule has 0 spiro atoms. The summed E-state index contributed by atoms with van der Waals surface area (Å²) in [7, 11) is 0. The van der Waals surface area contributed by atoms with Crippen LogP contribution in [0.15, 0.2) is 186 Å². The zero-order valence-electron chi connectivity index (χ0n) is 54.4. The molecule has 228 valence electrons. The molecule has 0 radical (unpaired) electrons. The predicted octanol–water partition coefficient (Wildman–Crippen LogP) is 13.7. The average molecular weight is 653 g/mol. The highest BCUT2D eigenvalue weighted by Gasteiger charge is 2.26. The van der Waals surface area contributed by atoms with Gasteiger partial charge in [-0.15, -0.1) is 0 Å². The van der Waals surface area contributed by atoms with Crippen molar-refractivity contribution in [2.75, 3.05) is 0 Å². The van der Waals surface area contributed by atoms with Crippen molar-refractivity contribution in [1.29, 1.82) is 0 Å². The number of benzene rings is 9. The van der Waals surface area contributed by atoms with E-state index in [1.54, 1.807) is 0 Å². The molecule has 1 heteroatoms. The first-order chi connectivity index (χ1) is 36.8. The van der Waals surface area contributed by atoms with Gasteiger partial charge in [0.2, 0.25) is 0 Å². The lowest BCUT2D eigenvalue weighted by molar-refractivity contribution is 0.634. The van der Waals surface area contributed by atoms with E-state index in [1.165, 1.54) is 0 Å². The second kappa shape index (κ2) is 11.1. The van der Waals surface area contributed by atoms with Gasteiger partial charge in [-0.2, -0.15) is 0 Å². The molecule has 1 aromatic heterocycles. The van der Waals surface area contributed by atoms with Crippen LogP contribution in [-0.2, 0) is 0 Å². The van der Waals surface area contributed by atoms with Crippen molar-refractivity contribution >= 4 is 54.1 Å². The molecule has 1 nitrogen and oxygen atoms in total. The monoisotopic (exact) mass is 652 g/mol. The summed E-state index contributed by atoms with van der Waals surface area (Å²) < 4.78 is 279. The van der Waals surface area contributed by atoms with Crippen molar-refractivity contribution < 1.29 is 45.5 Å². The van der Waals surface area contributed by atoms with E-state index in [0.717, 1.165) is 0 Å². The largest absolute Gasteiger partial charge is 0.455 e. The van der Waals surface area contributed by atoms with Gasteiger partial charge in [-0.05, 0) is 65.8 Å². The van der Waals surface area contributed by atoms with E-state index >= 15 is 0 Å². The summed E-state index contributed by atoms with van der Waals surface area (Å²) in [6, 6.07) is -30.4. The van der Waals surface area contributed by atoms with Crippen LogP contribution in [0, 0.1) is 0 Å². The first-order valence-electron chi connectivity index (χ1n) is 29.4. The SMILES string of the molecule is [2H]c1c([2H])c([2H])c(-c2c([2H])c([2H])c([2H])c3c(-c4c5c([2H])c([2H])c([2H])c([2H])c5c(-c5c([2H])c([2H])c([2H])c([2H])c5[2H])c5c([2H])c([2H])c([2H])c([2H])c45)c(-c4c([2H])c5c([2H])c([2H])c([2H])c([2H])c5c5c([2H])c([2H])c([2H])c([2H])c45)oc23)c([2H])c1[2H]. The molecule has 0 saturated carbocycles. The maximum Gasteiger partial charge on any atom is 0.143 e. The summed E-state index contributed by atoms with van der Waals surface area (Å²) in [6.45, 7) is 0. The Hall–Kier alpha value is -6.44. The molecule has 10 rings (SSSR count). The summed E-state index contributed by atoms with van der Waals surface area (Å²) in [5.74, 6) is -1.01. The number of furan rings is 1. The third kappa shape index (κ3) is 4.26. The van der Waals surface area contributed by atoms with Gasteiger partial charge in [0.25, 0.3) is 0 Å². The van der Waals surface area contributed by atoms with E-state index < -0.39 is 280 Å². The fourth-order valence-corrected chi connectivity index (χ4v) is 6.04. The van der Waals surface area contributed by atoms with Gasteiger partial charge in [-0.1, -0.05) is 175 Å². The van der Waals surface area contributed by atoms with E-state index in [-0.39, 0.29) is 0 Å². The fraction of sp³-hybridized carbons (Fsp3) is 0. The smallest absolute Gasteiger partial charge is 0.143 e. The third-order valence-electron chi connectivity index (χ3n) is 7.99. The minimum absolute atomic E-state index is 0.621. The van der Waals surface area contributed by atoms with Crippen molar-refractivity contribution in [3.63, 3.8) is 0 Å². The summed E-state index contributed by atoms with van der Waals surface area (Å²) in [5, 5.41) is -6.97. The number of para-hydroxylation sites is 1. The van der Waals surface area contributed by atoms with E-state index in [0.29, 0.717) is 0 Å². The molecule has 0 amide bonds. The summed E-state index contributed by atoms with van der Waals surface area (Å²) in [4.78, 5) is 0. The van der Waals surface area contributed by atoms with E-state index in [4.69, 9.17) is 31.8 Å². The molecule has 0 aliphatic heterocycles. The van der Waals surface area contributed by atoms with Gasteiger partial charge in [0, 0.05) is 27.6 Å². The van der Waals surface area contributed by atoms with Crippen molar-refractivity contribution in [2.45, 2.75) is 0 Å². The maximum atomic E-state index is 10.00. The molecule has 9 aromatic carbocycles. The van der Waals surface area contributed by atoms with Gasteiger partial charge >= 0.3 is 0 Å². The lowest BCUT2D eigenvalue weighted by Crippen LogP contribution is -1.92. The van der Waals surface area contributed by atoms with Gasteiger partial charge in [-0.3, -0.25) is 0 Å². The van der Waals surface area contributed by atoms with Crippen LogP contribution in [0.2, 0.25) is 0 Å². The van der Waals surface area contributed by atoms with Crippen LogP contribution >= 0.6 is 0 Å². The molecule has 0 saturated heterocycles. The zero-order valence-corrected chi connectivity index (χ0v) is 24.4. The van der Waals surface area contributed by atoms with Crippen LogP contribution in [0.1, 0.15) is 41.1 Å². The number of fused-ring (bicyclic) bond motifs is 6. The predicted molar refractivity (Wildman–Crippen MR) is 208 cm³/mol. The molecule has 0 fully saturated rings. The topological polar surface area (TPSA) is 13.1 Å². The lowest BCUT2D eigenvalue weighted by Gasteiger charge is -2.18. The number of hydrogen-bond acceptors (Lipinski definition) is 1. The molecule has 49 heavy (non-hydrogen) atoms. The molecular weight excluding hydrogens is 593 g/mol. The normalized spacial score (nSPS) is 20.2. The Balaban J connectivity index is 1.67. The molecule has 0 aliphatic carbocycles. The van der Waals surface area contributed by atoms with Gasteiger partial charge in [0.15, 0.2) is 0 Å². The minimum Gasteiger partial charge on any atom is -0.455 e. The Morgan fingerprint density at radius 3 is 1.47 bits per heavy atom. The molecule has 0 aliphatic rings. The Morgan fingerprint density at radius 1 is 0.327 bits per heavy atom. The van der Waals surface area contributed by atoms with Crippen molar-refractivity contribution in [2.24, 2.45) is 0 Å². The molecule has 0 bridgehead atoms. The van der Waals surface area contributed by atoms with Crippen LogP contribution in [0.25, 0.3) is 98.8 Å². The summed E-state index contributed by atoms with van der Waals surface area (Å²) in [5.41, 5.74) is -6.82. The fourth-order valence-electron chi connectivity index (χ4n) is 6.04. The average Bonchev–Trinajstić information content (AvgIpc) is 3.98. The highest BCUT2D eigenvalue weighted by molar-refractivity contribution is 6.26. The molecular formula is C48H30O. The van der Waals surface area contributed by atoms with Gasteiger partial charge in [0.05, 0.1) is 41.1 Å². The van der Waals surface area contributed by atoms with Crippen molar-refractivity contribution in [3.8, 4) is 44.7 Å². The minimum atomic E-state index is -1.11. The standard InChI is InChI=1S/C48H30O/c1-3-16-31(17-4-1)35-28-15-29-42-46(48(49-47(35)42)43-30-33-20-7-8-21-34(33)36-22-9-10-23-37(36)43)45-40-26-13-11-24-38(40)44(32-18-5-2-6-19-32)39-25-12-14-27-41(39)45/h1-30H/i1D,2D,3D,4D,5D,6D,7D,8D,9D,10D,11D,12D,13D,14D,15D,16D,17D,18D,19D,20D,21D,22D,23D,24D,25D,26D,27D,28D,29D,30D. The van der Waals surface area contributed by atoms with Crippen LogP contribution in [-0.4, -0.2) is 0 Å². The van der Waals surface area contributed by atoms with Crippen LogP contribution in [0.5, 0.6) is 0 Å². The lowest BCUT2D eigenvalue weighted by atomic mass is 9.84. The van der Waals surface area contributed by atoms with Crippen molar-refractivity contribution in [1.82, 2.24) is 0 Å². The Labute approximate surface area is 326 Å². The van der Waals surface area contributed by atoms with E-state index in [1.807, 2.05) is 0 Å². The van der Waals surface area contributed by atoms with Crippen LogP contribution in [0.3, 0.4) is 0 Å². The van der Waals surface area contributed by atoms with Crippen LogP contribution < -0.4 is 0 Å². The van der Waals surface area contributed by atoms with E-state index in [2.05, 4.69) is 0 Å². The van der Waals surface area contributed by atoms with Gasteiger partial charge in [0.1, 0.15) is 11.3 Å². The third-order valence-corrected chi connectivity index (χ3v) is 7.99. The second-order valence-corrected chi connectivity index (χ2v) is 10.5. The Morgan fingerprint density at radius 2 is 0.816 bits per heavy atom.